The van der Waals surface area contributed by atoms with E-state index in [9.17, 15) is 29.7 Å². The molecule has 1 aromatic rings. The van der Waals surface area contributed by atoms with E-state index in [4.69, 9.17) is 4.74 Å². The van der Waals surface area contributed by atoms with E-state index in [0.29, 0.717) is 0 Å². The summed E-state index contributed by atoms with van der Waals surface area (Å²) in [6.07, 6.45) is -0.885. The summed E-state index contributed by atoms with van der Waals surface area (Å²) in [4.78, 5) is 33.1. The molecule has 1 amide bonds. The van der Waals surface area contributed by atoms with Gasteiger partial charge in [0.2, 0.25) is 0 Å². The summed E-state index contributed by atoms with van der Waals surface area (Å²) in [6, 6.07) is 2.23. The zero-order valence-corrected chi connectivity index (χ0v) is 11.1. The maximum Gasteiger partial charge on any atom is 0.251 e. The second kappa shape index (κ2) is 7.13. The van der Waals surface area contributed by atoms with Crippen LogP contribution in [-0.2, 0) is 9.59 Å². The number of phenolic OH excluding ortho intramolecular Hbond substituents is 1. The molecule has 0 spiro atoms. The van der Waals surface area contributed by atoms with Gasteiger partial charge in [0.15, 0.2) is 11.5 Å². The predicted octanol–water partition coefficient (Wildman–Crippen LogP) is -2.22. The van der Waals surface area contributed by atoms with Crippen LogP contribution < -0.4 is 20.3 Å². The molecule has 0 radical (unpaired) electrons. The lowest BCUT2D eigenvalue weighted by Gasteiger charge is -2.20. The second-order valence-electron chi connectivity index (χ2n) is 4.14. The first kappa shape index (κ1) is 16.3. The largest absolute Gasteiger partial charge is 0.550 e. The average molecular weight is 295 g/mol. The van der Waals surface area contributed by atoms with Gasteiger partial charge in [0.25, 0.3) is 5.91 Å². The minimum Gasteiger partial charge on any atom is -0.550 e. The number of methoxy groups -OCH3 is 1. The molecule has 0 aromatic heterocycles. The van der Waals surface area contributed by atoms with Gasteiger partial charge in [-0.05, 0) is 31.0 Å². The van der Waals surface area contributed by atoms with Crippen molar-refractivity contribution in [1.82, 2.24) is 5.32 Å². The van der Waals surface area contributed by atoms with Gasteiger partial charge in [0.05, 0.1) is 19.1 Å². The Bertz CT molecular complexity index is 555. The molecule has 2 N–H and O–H groups in total. The van der Waals surface area contributed by atoms with Crippen LogP contribution >= 0.6 is 0 Å². The summed E-state index contributed by atoms with van der Waals surface area (Å²) in [5.41, 5.74) is 0.0457. The van der Waals surface area contributed by atoms with E-state index < -0.39 is 30.3 Å². The van der Waals surface area contributed by atoms with E-state index in [1.165, 1.54) is 25.3 Å². The Morgan fingerprint density at radius 1 is 1.33 bits per heavy atom. The summed E-state index contributed by atoms with van der Waals surface area (Å²) < 4.78 is 4.82. The van der Waals surface area contributed by atoms with E-state index in [-0.39, 0.29) is 23.5 Å². The number of carboxylic acid groups (broad SMARTS) is 2. The third kappa shape index (κ3) is 4.68. The number of benzene rings is 1. The van der Waals surface area contributed by atoms with Crippen LogP contribution in [0.1, 0.15) is 23.2 Å². The van der Waals surface area contributed by atoms with Crippen molar-refractivity contribution in [2.45, 2.75) is 18.9 Å². The highest BCUT2D eigenvalue weighted by molar-refractivity contribution is 5.97. The first-order valence-corrected chi connectivity index (χ1v) is 5.93. The van der Waals surface area contributed by atoms with Gasteiger partial charge in [-0.25, -0.2) is 0 Å². The molecule has 8 nitrogen and oxygen atoms in total. The van der Waals surface area contributed by atoms with E-state index in [2.05, 4.69) is 5.32 Å². The Balaban J connectivity index is 2.81. The van der Waals surface area contributed by atoms with Gasteiger partial charge < -0.3 is 35.0 Å². The number of hydrogen-bond acceptors (Lipinski definition) is 7. The second-order valence-corrected chi connectivity index (χ2v) is 4.14. The van der Waals surface area contributed by atoms with Crippen LogP contribution in [0.3, 0.4) is 0 Å². The number of aromatic hydroxyl groups is 1. The Morgan fingerprint density at radius 2 is 2.00 bits per heavy atom. The summed E-state index contributed by atoms with van der Waals surface area (Å²) in [5, 5.41) is 32.7. The molecule has 0 unspecified atom stereocenters. The van der Waals surface area contributed by atoms with Crippen LogP contribution in [0.25, 0.3) is 0 Å². The summed E-state index contributed by atoms with van der Waals surface area (Å²) >= 11 is 0. The quantitative estimate of drug-likeness (QED) is 0.580. The van der Waals surface area contributed by atoms with Gasteiger partial charge in [0.1, 0.15) is 0 Å². The van der Waals surface area contributed by atoms with Crippen molar-refractivity contribution in [2.24, 2.45) is 0 Å². The third-order valence-corrected chi connectivity index (χ3v) is 2.67. The molecular weight excluding hydrogens is 282 g/mol. The number of aliphatic carboxylic acids is 2. The normalized spacial score (nSPS) is 11.5. The smallest absolute Gasteiger partial charge is 0.251 e. The maximum atomic E-state index is 11.9. The van der Waals surface area contributed by atoms with Crippen LogP contribution in [0, 0.1) is 0 Å². The average Bonchev–Trinajstić information content (AvgIpc) is 2.43. The zero-order valence-electron chi connectivity index (χ0n) is 11.1. The zero-order chi connectivity index (χ0) is 16.0. The summed E-state index contributed by atoms with van der Waals surface area (Å²) in [5.74, 6) is -3.93. The van der Waals surface area contributed by atoms with E-state index in [0.717, 1.165) is 0 Å². The molecule has 0 aliphatic carbocycles. The lowest BCUT2D eigenvalue weighted by atomic mass is 10.1. The van der Waals surface area contributed by atoms with Gasteiger partial charge in [-0.2, -0.15) is 0 Å². The highest BCUT2D eigenvalue weighted by atomic mass is 16.5. The molecule has 114 valence electrons. The Labute approximate surface area is 120 Å². The predicted molar refractivity (Wildman–Crippen MR) is 65.2 cm³/mol. The number of carbonyl (C=O) groups excluding carboxylic acids is 3. The summed E-state index contributed by atoms with van der Waals surface area (Å²) in [7, 11) is 1.29. The van der Waals surface area contributed by atoms with Crippen molar-refractivity contribution in [2.75, 3.05) is 7.11 Å². The first-order chi connectivity index (χ1) is 9.85. The first-order valence-electron chi connectivity index (χ1n) is 5.93. The van der Waals surface area contributed by atoms with Crippen molar-refractivity contribution >= 4 is 17.8 Å². The van der Waals surface area contributed by atoms with Gasteiger partial charge in [-0.15, -0.1) is 0 Å². The molecule has 0 bridgehead atoms. The fraction of sp³-hybridized carbons (Fsp3) is 0.308. The number of hydrogen-bond donors (Lipinski definition) is 2. The number of amides is 1. The third-order valence-electron chi connectivity index (χ3n) is 2.67. The van der Waals surface area contributed by atoms with Crippen LogP contribution in [0.2, 0.25) is 0 Å². The molecule has 21 heavy (non-hydrogen) atoms. The van der Waals surface area contributed by atoms with E-state index >= 15 is 0 Å². The SMILES string of the molecule is COc1cc(C(=O)N[C@@H](CCC(=O)[O-])C(=O)[O-])ccc1O. The van der Waals surface area contributed by atoms with Crippen molar-refractivity contribution in [3.63, 3.8) is 0 Å². The van der Waals surface area contributed by atoms with Gasteiger partial charge in [0, 0.05) is 11.5 Å². The van der Waals surface area contributed by atoms with Crippen molar-refractivity contribution in [3.05, 3.63) is 23.8 Å². The molecule has 8 heteroatoms. The molecule has 0 saturated heterocycles. The van der Waals surface area contributed by atoms with Crippen LogP contribution in [0.5, 0.6) is 11.5 Å². The minimum atomic E-state index is -1.60. The van der Waals surface area contributed by atoms with Gasteiger partial charge >= 0.3 is 0 Å². The topological polar surface area (TPSA) is 139 Å². The molecule has 0 aliphatic rings. The van der Waals surface area contributed by atoms with Gasteiger partial charge in [-0.3, -0.25) is 4.79 Å². The molecule has 1 aromatic carbocycles. The van der Waals surface area contributed by atoms with Crippen molar-refractivity contribution in [1.29, 1.82) is 0 Å². The number of phenols is 1. The molecule has 0 saturated carbocycles. The number of rotatable bonds is 7. The lowest BCUT2D eigenvalue weighted by molar-refractivity contribution is -0.309. The standard InChI is InChI=1S/C13H15NO7/c1-21-10-6-7(2-4-9(10)15)12(18)14-8(13(19)20)3-5-11(16)17/h2,4,6,8,15H,3,5H2,1H3,(H,14,18)(H,16,17)(H,19,20)/p-2/t8-/m0/s1. The molecule has 0 aliphatic heterocycles. The van der Waals surface area contributed by atoms with Crippen LogP contribution in [0.4, 0.5) is 0 Å². The Kier molecular flexibility index (Phi) is 5.53. The number of ether oxygens (including phenoxy) is 1. The minimum absolute atomic E-state index is 0.0439. The lowest BCUT2D eigenvalue weighted by Crippen LogP contribution is -2.48. The van der Waals surface area contributed by atoms with E-state index in [1.807, 2.05) is 0 Å². The number of nitrogens with one attached hydrogen (secondary N) is 1. The molecule has 0 heterocycles. The fourth-order valence-electron chi connectivity index (χ4n) is 1.57. The van der Waals surface area contributed by atoms with Crippen molar-refractivity contribution in [3.8, 4) is 11.5 Å². The highest BCUT2D eigenvalue weighted by Gasteiger charge is 2.16. The van der Waals surface area contributed by atoms with Crippen molar-refractivity contribution < 1.29 is 34.4 Å². The Hall–Kier alpha value is -2.77. The Morgan fingerprint density at radius 3 is 2.52 bits per heavy atom. The number of carbonyl (C=O) groups is 3. The van der Waals surface area contributed by atoms with E-state index in [1.54, 1.807) is 0 Å². The monoisotopic (exact) mass is 295 g/mol. The molecule has 0 fully saturated rings. The fourth-order valence-corrected chi connectivity index (χ4v) is 1.57. The van der Waals surface area contributed by atoms with Crippen LogP contribution in [-0.4, -0.2) is 36.1 Å². The molecule has 1 rings (SSSR count). The highest BCUT2D eigenvalue weighted by Crippen LogP contribution is 2.26. The van der Waals surface area contributed by atoms with Crippen LogP contribution in [0.15, 0.2) is 18.2 Å². The summed E-state index contributed by atoms with van der Waals surface area (Å²) in [6.45, 7) is 0. The molecular formula is C13H13NO7-2. The molecule has 1 atom stereocenters. The maximum absolute atomic E-state index is 11.9. The van der Waals surface area contributed by atoms with Gasteiger partial charge in [-0.1, -0.05) is 0 Å². The number of carboxylic acids is 2.